The number of rotatable bonds is 5. The van der Waals surface area contributed by atoms with Crippen LogP contribution < -0.4 is 10.2 Å². The summed E-state index contributed by atoms with van der Waals surface area (Å²) in [6, 6.07) is 3.88. The van der Waals surface area contributed by atoms with Gasteiger partial charge < -0.3 is 24.4 Å². The molecule has 10 nitrogen and oxygen atoms in total. The van der Waals surface area contributed by atoms with Crippen molar-refractivity contribution in [3.63, 3.8) is 0 Å². The average molecular weight is 514 g/mol. The fourth-order valence-electron chi connectivity index (χ4n) is 5.40. The molecular weight excluding hydrogens is 474 g/mol. The molecule has 0 aromatic carbocycles. The van der Waals surface area contributed by atoms with Gasteiger partial charge in [-0.15, -0.1) is 5.10 Å². The first kappa shape index (κ1) is 26.9. The van der Waals surface area contributed by atoms with Gasteiger partial charge in [-0.05, 0) is 77.8 Å². The highest BCUT2D eigenvalue weighted by Crippen LogP contribution is 2.44. The predicted molar refractivity (Wildman–Crippen MR) is 141 cm³/mol. The second-order valence-corrected chi connectivity index (χ2v) is 11.1. The Labute approximate surface area is 218 Å². The SMILES string of the molecule is COC(=O)C1(OC)CCC(c2nc(Nc3cc(C)n(C(=O)OC(C)(C)C)n3)cc3c2N(C)CCC3)CC1. The minimum atomic E-state index is -0.890. The Kier molecular flexibility index (Phi) is 7.50. The summed E-state index contributed by atoms with van der Waals surface area (Å²) in [6.45, 7) is 8.27. The molecule has 0 spiro atoms. The molecule has 1 fully saturated rings. The third kappa shape index (κ3) is 5.58. The van der Waals surface area contributed by atoms with Crippen LogP contribution in [0.3, 0.4) is 0 Å². The highest BCUT2D eigenvalue weighted by atomic mass is 16.6. The highest BCUT2D eigenvalue weighted by molar-refractivity contribution is 5.79. The maximum atomic E-state index is 12.6. The van der Waals surface area contributed by atoms with E-state index in [4.69, 9.17) is 19.2 Å². The molecule has 1 aliphatic heterocycles. The highest BCUT2D eigenvalue weighted by Gasteiger charge is 2.44. The minimum Gasteiger partial charge on any atom is -0.467 e. The average Bonchev–Trinajstić information content (AvgIpc) is 3.22. The fourth-order valence-corrected chi connectivity index (χ4v) is 5.40. The number of aromatic nitrogens is 3. The number of esters is 1. The van der Waals surface area contributed by atoms with Crippen LogP contribution in [0.15, 0.2) is 12.1 Å². The van der Waals surface area contributed by atoms with Crippen molar-refractivity contribution in [2.45, 2.75) is 83.3 Å². The van der Waals surface area contributed by atoms with Gasteiger partial charge in [-0.2, -0.15) is 4.68 Å². The molecule has 2 aromatic rings. The van der Waals surface area contributed by atoms with Gasteiger partial charge in [0.15, 0.2) is 11.4 Å². The summed E-state index contributed by atoms with van der Waals surface area (Å²) in [5, 5.41) is 7.74. The number of methoxy groups -OCH3 is 2. The molecule has 1 N–H and O–H groups in total. The Bertz CT molecular complexity index is 1160. The lowest BCUT2D eigenvalue weighted by Crippen LogP contribution is -2.44. The molecule has 0 amide bonds. The van der Waals surface area contributed by atoms with Gasteiger partial charge >= 0.3 is 12.1 Å². The zero-order chi connectivity index (χ0) is 27.0. The molecule has 0 unspecified atom stereocenters. The molecule has 0 bridgehead atoms. The number of fused-ring (bicyclic) bond motifs is 1. The number of hydrogen-bond donors (Lipinski definition) is 1. The summed E-state index contributed by atoms with van der Waals surface area (Å²) in [4.78, 5) is 32.3. The summed E-state index contributed by atoms with van der Waals surface area (Å²) >= 11 is 0. The maximum Gasteiger partial charge on any atom is 0.435 e. The molecule has 1 aliphatic carbocycles. The smallest absolute Gasteiger partial charge is 0.435 e. The third-order valence-corrected chi connectivity index (χ3v) is 7.26. The van der Waals surface area contributed by atoms with Crippen LogP contribution in [0, 0.1) is 6.92 Å². The van der Waals surface area contributed by atoms with Crippen LogP contribution in [0.5, 0.6) is 0 Å². The van der Waals surface area contributed by atoms with Gasteiger partial charge in [0.05, 0.1) is 18.5 Å². The number of anilines is 3. The summed E-state index contributed by atoms with van der Waals surface area (Å²) in [6.07, 6.45) is 4.22. The monoisotopic (exact) mass is 513 g/mol. The second kappa shape index (κ2) is 10.3. The van der Waals surface area contributed by atoms with E-state index in [0.717, 1.165) is 37.9 Å². The van der Waals surface area contributed by atoms with Crippen molar-refractivity contribution in [2.24, 2.45) is 0 Å². The zero-order valence-electron chi connectivity index (χ0n) is 23.0. The molecule has 37 heavy (non-hydrogen) atoms. The predicted octanol–water partition coefficient (Wildman–Crippen LogP) is 4.71. The van der Waals surface area contributed by atoms with Crippen LogP contribution in [-0.4, -0.2) is 65.8 Å². The summed E-state index contributed by atoms with van der Waals surface area (Å²) in [7, 11) is 5.09. The largest absolute Gasteiger partial charge is 0.467 e. The number of nitrogens with zero attached hydrogens (tertiary/aromatic N) is 4. The first-order valence-electron chi connectivity index (χ1n) is 12.9. The Morgan fingerprint density at radius 2 is 1.84 bits per heavy atom. The number of carbonyl (C=O) groups excluding carboxylic acids is 2. The van der Waals surface area contributed by atoms with E-state index < -0.39 is 17.3 Å². The lowest BCUT2D eigenvalue weighted by atomic mass is 9.76. The Morgan fingerprint density at radius 1 is 1.14 bits per heavy atom. The summed E-state index contributed by atoms with van der Waals surface area (Å²) in [5.74, 6) is 1.09. The third-order valence-electron chi connectivity index (χ3n) is 7.26. The van der Waals surface area contributed by atoms with Crippen LogP contribution in [0.25, 0.3) is 0 Å². The summed E-state index contributed by atoms with van der Waals surface area (Å²) in [5.41, 5.74) is 2.61. The molecule has 2 aliphatic rings. The van der Waals surface area contributed by atoms with Gasteiger partial charge in [-0.1, -0.05) is 0 Å². The van der Waals surface area contributed by atoms with Crippen LogP contribution in [0.1, 0.15) is 75.7 Å². The summed E-state index contributed by atoms with van der Waals surface area (Å²) < 4.78 is 17.4. The van der Waals surface area contributed by atoms with E-state index in [1.54, 1.807) is 13.2 Å². The van der Waals surface area contributed by atoms with Gasteiger partial charge in [-0.3, -0.25) is 0 Å². The van der Waals surface area contributed by atoms with Crippen molar-refractivity contribution < 1.29 is 23.8 Å². The number of carbonyl (C=O) groups is 2. The van der Waals surface area contributed by atoms with Crippen LogP contribution in [0.4, 0.5) is 22.1 Å². The first-order valence-corrected chi connectivity index (χ1v) is 12.9. The van der Waals surface area contributed by atoms with E-state index in [1.807, 2.05) is 27.7 Å². The molecule has 1 saturated carbocycles. The van der Waals surface area contributed by atoms with Gasteiger partial charge in [0.2, 0.25) is 0 Å². The van der Waals surface area contributed by atoms with E-state index in [2.05, 4.69) is 28.4 Å². The van der Waals surface area contributed by atoms with Crippen molar-refractivity contribution in [2.75, 3.05) is 38.0 Å². The van der Waals surface area contributed by atoms with Gasteiger partial charge in [0, 0.05) is 38.4 Å². The first-order chi connectivity index (χ1) is 17.5. The fraction of sp³-hybridized carbons (Fsp3) is 0.630. The van der Waals surface area contributed by atoms with Crippen molar-refractivity contribution in [1.82, 2.24) is 14.8 Å². The molecule has 0 radical (unpaired) electrons. The number of ether oxygens (including phenoxy) is 3. The standard InChI is InChI=1S/C27H39N5O5/c1-17-15-21(30-32(17)25(34)37-26(2,3)4)28-20-16-19-9-8-14-31(5)23(19)22(29-20)18-10-12-27(36-7,13-11-18)24(33)35-6/h15-16,18H,8-14H2,1-7H3,(H,28,29,30). The van der Waals surface area contributed by atoms with Crippen molar-refractivity contribution in [3.8, 4) is 0 Å². The topological polar surface area (TPSA) is 108 Å². The molecule has 10 heteroatoms. The molecular formula is C27H39N5O5. The molecule has 3 heterocycles. The second-order valence-electron chi connectivity index (χ2n) is 11.1. The van der Waals surface area contributed by atoms with Crippen molar-refractivity contribution >= 4 is 29.4 Å². The molecule has 0 atom stereocenters. The van der Waals surface area contributed by atoms with Crippen LogP contribution in [-0.2, 0) is 25.4 Å². The van der Waals surface area contributed by atoms with Crippen LogP contribution in [0.2, 0.25) is 0 Å². The van der Waals surface area contributed by atoms with E-state index in [-0.39, 0.29) is 11.9 Å². The Balaban J connectivity index is 1.62. The van der Waals surface area contributed by atoms with Crippen molar-refractivity contribution in [3.05, 3.63) is 29.1 Å². The van der Waals surface area contributed by atoms with Gasteiger partial charge in [0.25, 0.3) is 0 Å². The Hall–Kier alpha value is -3.14. The molecule has 2 aromatic heterocycles. The minimum absolute atomic E-state index is 0.185. The Morgan fingerprint density at radius 3 is 2.46 bits per heavy atom. The number of hydrogen-bond acceptors (Lipinski definition) is 9. The number of nitrogens with one attached hydrogen (secondary N) is 1. The molecule has 202 valence electrons. The zero-order valence-corrected chi connectivity index (χ0v) is 23.0. The van der Waals surface area contributed by atoms with E-state index in [9.17, 15) is 9.59 Å². The molecule has 0 saturated heterocycles. The maximum absolute atomic E-state index is 12.6. The molecule has 4 rings (SSSR count). The normalized spacial score (nSPS) is 21.8. The lowest BCUT2D eigenvalue weighted by molar-refractivity contribution is -0.170. The van der Waals surface area contributed by atoms with Gasteiger partial charge in [-0.25, -0.2) is 14.6 Å². The van der Waals surface area contributed by atoms with Gasteiger partial charge in [0.1, 0.15) is 11.4 Å². The number of pyridine rings is 1. The lowest BCUT2D eigenvalue weighted by Gasteiger charge is -2.38. The van der Waals surface area contributed by atoms with E-state index in [0.29, 0.717) is 30.2 Å². The quantitative estimate of drug-likeness (QED) is 0.569. The van der Waals surface area contributed by atoms with Crippen LogP contribution >= 0.6 is 0 Å². The number of aryl methyl sites for hydroxylation is 2. The van der Waals surface area contributed by atoms with E-state index >= 15 is 0 Å². The van der Waals surface area contributed by atoms with E-state index in [1.165, 1.54) is 23.0 Å². The van der Waals surface area contributed by atoms with Crippen molar-refractivity contribution in [1.29, 1.82) is 0 Å².